The monoisotopic (exact) mass is 248 g/mol. The van der Waals surface area contributed by atoms with Crippen LogP contribution in [0.5, 0.6) is 0 Å². The Bertz CT molecular complexity index is 520. The third-order valence-electron chi connectivity index (χ3n) is 2.80. The van der Waals surface area contributed by atoms with Gasteiger partial charge in [-0.1, -0.05) is 18.2 Å². The molecule has 3 nitrogen and oxygen atoms in total. The standard InChI is InChI=1S/C14H13FO3/c15-13-6-2-1-4-10(13)8-11(14(16)17)9-12-5-3-7-18-12/h1-7,11H,8-9H2,(H,16,17). The molecule has 2 aromatic rings. The van der Waals surface area contributed by atoms with E-state index in [-0.39, 0.29) is 18.7 Å². The summed E-state index contributed by atoms with van der Waals surface area (Å²) in [5.74, 6) is -1.41. The summed E-state index contributed by atoms with van der Waals surface area (Å²) in [6.07, 6.45) is 1.91. The molecule has 4 heteroatoms. The van der Waals surface area contributed by atoms with Crippen molar-refractivity contribution >= 4 is 5.97 Å². The average Bonchev–Trinajstić information content (AvgIpc) is 2.83. The minimum atomic E-state index is -0.949. The van der Waals surface area contributed by atoms with E-state index in [9.17, 15) is 9.18 Å². The molecule has 0 saturated carbocycles. The lowest BCUT2D eigenvalue weighted by atomic mass is 9.95. The molecular formula is C14H13FO3. The van der Waals surface area contributed by atoms with E-state index in [2.05, 4.69) is 0 Å². The Morgan fingerprint density at radius 1 is 1.22 bits per heavy atom. The molecule has 1 aromatic heterocycles. The molecule has 1 aromatic carbocycles. The van der Waals surface area contributed by atoms with E-state index >= 15 is 0 Å². The van der Waals surface area contributed by atoms with Crippen molar-refractivity contribution in [3.8, 4) is 0 Å². The van der Waals surface area contributed by atoms with Gasteiger partial charge in [-0.3, -0.25) is 4.79 Å². The van der Waals surface area contributed by atoms with Crippen LogP contribution in [0.4, 0.5) is 4.39 Å². The molecule has 0 amide bonds. The minimum Gasteiger partial charge on any atom is -0.481 e. The zero-order valence-electron chi connectivity index (χ0n) is 9.67. The minimum absolute atomic E-state index is 0.155. The third kappa shape index (κ3) is 2.97. The van der Waals surface area contributed by atoms with Crippen molar-refractivity contribution in [1.82, 2.24) is 0 Å². The number of benzene rings is 1. The van der Waals surface area contributed by atoms with E-state index in [1.54, 1.807) is 30.3 Å². The Morgan fingerprint density at radius 3 is 2.61 bits per heavy atom. The van der Waals surface area contributed by atoms with Crippen molar-refractivity contribution in [2.45, 2.75) is 12.8 Å². The van der Waals surface area contributed by atoms with Crippen molar-refractivity contribution in [3.05, 3.63) is 59.8 Å². The molecule has 0 aliphatic heterocycles. The molecular weight excluding hydrogens is 235 g/mol. The number of furan rings is 1. The maximum absolute atomic E-state index is 13.5. The highest BCUT2D eigenvalue weighted by atomic mass is 19.1. The van der Waals surface area contributed by atoms with Crippen molar-refractivity contribution < 1.29 is 18.7 Å². The molecule has 1 atom stereocenters. The van der Waals surface area contributed by atoms with Gasteiger partial charge < -0.3 is 9.52 Å². The van der Waals surface area contributed by atoms with Gasteiger partial charge in [0.1, 0.15) is 11.6 Å². The summed E-state index contributed by atoms with van der Waals surface area (Å²) in [6.45, 7) is 0. The first-order chi connectivity index (χ1) is 8.66. The van der Waals surface area contributed by atoms with Crippen LogP contribution in [-0.4, -0.2) is 11.1 Å². The lowest BCUT2D eigenvalue weighted by molar-refractivity contribution is -0.141. The number of hydrogen-bond donors (Lipinski definition) is 1. The van der Waals surface area contributed by atoms with Gasteiger partial charge in [0.25, 0.3) is 0 Å². The third-order valence-corrected chi connectivity index (χ3v) is 2.80. The van der Waals surface area contributed by atoms with Crippen molar-refractivity contribution in [2.24, 2.45) is 5.92 Å². The molecule has 1 unspecified atom stereocenters. The van der Waals surface area contributed by atoms with Crippen LogP contribution in [0.3, 0.4) is 0 Å². The van der Waals surface area contributed by atoms with Crippen LogP contribution in [-0.2, 0) is 17.6 Å². The highest BCUT2D eigenvalue weighted by Gasteiger charge is 2.21. The first kappa shape index (κ1) is 12.4. The number of carboxylic acid groups (broad SMARTS) is 1. The second-order valence-electron chi connectivity index (χ2n) is 4.11. The van der Waals surface area contributed by atoms with Crippen LogP contribution in [0.15, 0.2) is 47.1 Å². The Balaban J connectivity index is 2.12. The number of aliphatic carboxylic acids is 1. The summed E-state index contributed by atoms with van der Waals surface area (Å²) < 4.78 is 18.6. The zero-order valence-corrected chi connectivity index (χ0v) is 9.67. The van der Waals surface area contributed by atoms with E-state index in [1.165, 1.54) is 12.3 Å². The SMILES string of the molecule is O=C(O)C(Cc1ccco1)Cc1ccccc1F. The molecule has 0 saturated heterocycles. The summed E-state index contributed by atoms with van der Waals surface area (Å²) in [6, 6.07) is 9.65. The van der Waals surface area contributed by atoms with Gasteiger partial charge in [-0.05, 0) is 30.2 Å². The van der Waals surface area contributed by atoms with Crippen LogP contribution in [0.2, 0.25) is 0 Å². The van der Waals surface area contributed by atoms with Gasteiger partial charge in [-0.15, -0.1) is 0 Å². The fraction of sp³-hybridized carbons (Fsp3) is 0.214. The average molecular weight is 248 g/mol. The molecule has 0 radical (unpaired) electrons. The largest absolute Gasteiger partial charge is 0.481 e. The van der Waals surface area contributed by atoms with Crippen molar-refractivity contribution in [1.29, 1.82) is 0 Å². The molecule has 0 bridgehead atoms. The Hall–Kier alpha value is -2.10. The van der Waals surface area contributed by atoms with E-state index in [1.807, 2.05) is 0 Å². The number of halogens is 1. The Morgan fingerprint density at radius 2 is 2.00 bits per heavy atom. The molecule has 0 spiro atoms. The first-order valence-electron chi connectivity index (χ1n) is 5.65. The number of hydrogen-bond acceptors (Lipinski definition) is 2. The quantitative estimate of drug-likeness (QED) is 0.885. The predicted octanol–water partition coefficient (Wildman–Crippen LogP) is 2.90. The fourth-order valence-electron chi connectivity index (χ4n) is 1.85. The lowest BCUT2D eigenvalue weighted by Gasteiger charge is -2.11. The van der Waals surface area contributed by atoms with E-state index in [0.717, 1.165) is 0 Å². The van der Waals surface area contributed by atoms with Gasteiger partial charge in [0.15, 0.2) is 0 Å². The number of carboxylic acids is 1. The summed E-state index contributed by atoms with van der Waals surface area (Å²) >= 11 is 0. The summed E-state index contributed by atoms with van der Waals surface area (Å²) in [5.41, 5.74) is 0.413. The highest BCUT2D eigenvalue weighted by Crippen LogP contribution is 2.17. The Labute approximate surface area is 104 Å². The van der Waals surface area contributed by atoms with Gasteiger partial charge in [0, 0.05) is 6.42 Å². The van der Waals surface area contributed by atoms with Crippen molar-refractivity contribution in [3.63, 3.8) is 0 Å². The fourth-order valence-corrected chi connectivity index (χ4v) is 1.85. The van der Waals surface area contributed by atoms with E-state index in [4.69, 9.17) is 9.52 Å². The molecule has 0 aliphatic carbocycles. The molecule has 0 fully saturated rings. The van der Waals surface area contributed by atoms with Gasteiger partial charge in [-0.2, -0.15) is 0 Å². The maximum Gasteiger partial charge on any atom is 0.307 e. The molecule has 0 aliphatic rings. The predicted molar refractivity (Wildman–Crippen MR) is 63.6 cm³/mol. The first-order valence-corrected chi connectivity index (χ1v) is 5.65. The summed E-state index contributed by atoms with van der Waals surface area (Å²) in [5, 5.41) is 9.16. The maximum atomic E-state index is 13.5. The molecule has 18 heavy (non-hydrogen) atoms. The number of carbonyl (C=O) groups is 1. The van der Waals surface area contributed by atoms with Crippen LogP contribution in [0.1, 0.15) is 11.3 Å². The molecule has 94 valence electrons. The second-order valence-corrected chi connectivity index (χ2v) is 4.11. The highest BCUT2D eigenvalue weighted by molar-refractivity contribution is 5.70. The van der Waals surface area contributed by atoms with Crippen LogP contribution in [0, 0.1) is 11.7 Å². The molecule has 2 rings (SSSR count). The van der Waals surface area contributed by atoms with E-state index in [0.29, 0.717) is 11.3 Å². The van der Waals surface area contributed by atoms with Crippen LogP contribution in [0.25, 0.3) is 0 Å². The number of rotatable bonds is 5. The van der Waals surface area contributed by atoms with E-state index < -0.39 is 11.9 Å². The molecule has 1 N–H and O–H groups in total. The van der Waals surface area contributed by atoms with Gasteiger partial charge in [0.05, 0.1) is 12.2 Å². The lowest BCUT2D eigenvalue weighted by Crippen LogP contribution is -2.19. The van der Waals surface area contributed by atoms with Crippen LogP contribution < -0.4 is 0 Å². The molecule has 1 heterocycles. The summed E-state index contributed by atoms with van der Waals surface area (Å²) in [7, 11) is 0. The van der Waals surface area contributed by atoms with Crippen LogP contribution >= 0.6 is 0 Å². The normalized spacial score (nSPS) is 12.3. The van der Waals surface area contributed by atoms with Crippen molar-refractivity contribution in [2.75, 3.05) is 0 Å². The van der Waals surface area contributed by atoms with Gasteiger partial charge in [-0.25, -0.2) is 4.39 Å². The van der Waals surface area contributed by atoms with Gasteiger partial charge >= 0.3 is 5.97 Å². The summed E-state index contributed by atoms with van der Waals surface area (Å²) in [4.78, 5) is 11.2. The Kier molecular flexibility index (Phi) is 3.77. The smallest absolute Gasteiger partial charge is 0.307 e. The zero-order chi connectivity index (χ0) is 13.0. The second kappa shape index (κ2) is 5.49. The van der Waals surface area contributed by atoms with Gasteiger partial charge in [0.2, 0.25) is 0 Å². The topological polar surface area (TPSA) is 50.4 Å².